The normalized spacial score (nSPS) is 11.0. The maximum absolute atomic E-state index is 12.8. The summed E-state index contributed by atoms with van der Waals surface area (Å²) < 4.78 is 0. The van der Waals surface area contributed by atoms with Crippen LogP contribution in [0.25, 0.3) is 0 Å². The number of hydrogen-bond acceptors (Lipinski definition) is 2. The number of nitrogens with one attached hydrogen (secondary N) is 2. The highest BCUT2D eigenvalue weighted by atomic mass is 16.2. The van der Waals surface area contributed by atoms with E-state index < -0.39 is 5.41 Å². The lowest BCUT2D eigenvalue weighted by Crippen LogP contribution is -2.50. The summed E-state index contributed by atoms with van der Waals surface area (Å²) in [6.07, 6.45) is 0.926. The molecule has 2 rings (SSSR count). The Balaban J connectivity index is 2.02. The maximum atomic E-state index is 12.8. The van der Waals surface area contributed by atoms with Gasteiger partial charge in [0.15, 0.2) is 0 Å². The van der Waals surface area contributed by atoms with Crippen molar-refractivity contribution in [3.63, 3.8) is 0 Å². The van der Waals surface area contributed by atoms with E-state index in [0.717, 1.165) is 11.1 Å². The topological polar surface area (TPSA) is 58.2 Å². The second-order valence-electron chi connectivity index (χ2n) is 6.13. The molecule has 2 amide bonds. The molecule has 0 saturated carbocycles. The van der Waals surface area contributed by atoms with Crippen LogP contribution in [-0.2, 0) is 22.7 Å². The van der Waals surface area contributed by atoms with E-state index in [1.54, 1.807) is 0 Å². The molecule has 0 saturated heterocycles. The van der Waals surface area contributed by atoms with Crippen molar-refractivity contribution in [3.8, 4) is 0 Å². The lowest BCUT2D eigenvalue weighted by atomic mass is 9.80. The van der Waals surface area contributed by atoms with Crippen LogP contribution >= 0.6 is 0 Å². The highest BCUT2D eigenvalue weighted by Gasteiger charge is 2.42. The van der Waals surface area contributed by atoms with E-state index in [0.29, 0.717) is 25.9 Å². The Hall–Kier alpha value is -2.62. The quantitative estimate of drug-likeness (QED) is 0.725. The third-order valence-electron chi connectivity index (χ3n) is 4.67. The molecule has 4 heteroatoms. The van der Waals surface area contributed by atoms with Crippen LogP contribution in [0.2, 0.25) is 0 Å². The summed E-state index contributed by atoms with van der Waals surface area (Å²) in [7, 11) is 0. The average molecular weight is 338 g/mol. The van der Waals surface area contributed by atoms with Gasteiger partial charge in [0, 0.05) is 13.1 Å². The average Bonchev–Trinajstić information content (AvgIpc) is 2.67. The fraction of sp³-hybridized carbons (Fsp3) is 0.333. The van der Waals surface area contributed by atoms with Crippen molar-refractivity contribution in [2.24, 2.45) is 5.41 Å². The third kappa shape index (κ3) is 4.69. The molecular formula is C21H26N2O2. The van der Waals surface area contributed by atoms with Crippen LogP contribution in [0.1, 0.15) is 37.8 Å². The molecule has 0 heterocycles. The summed E-state index contributed by atoms with van der Waals surface area (Å²) in [5, 5.41) is 5.84. The van der Waals surface area contributed by atoms with E-state index in [1.807, 2.05) is 74.5 Å². The standard InChI is InChI=1S/C21H26N2O2/c1-3-21(4-2,19(24)22-15-17-11-7-5-8-12-17)20(25)23-16-18-13-9-6-10-14-18/h5-14H,3-4,15-16H2,1-2H3,(H,22,24)(H,23,25). The molecule has 2 aromatic rings. The SMILES string of the molecule is CCC(CC)(C(=O)NCc1ccccc1)C(=O)NCc1ccccc1. The van der Waals surface area contributed by atoms with Crippen LogP contribution in [0.4, 0.5) is 0 Å². The lowest BCUT2D eigenvalue weighted by molar-refractivity contribution is -0.144. The van der Waals surface area contributed by atoms with Crippen molar-refractivity contribution < 1.29 is 9.59 Å². The minimum atomic E-state index is -1.04. The molecule has 0 aliphatic carbocycles. The minimum Gasteiger partial charge on any atom is -0.351 e. The number of amides is 2. The van der Waals surface area contributed by atoms with Gasteiger partial charge in [-0.3, -0.25) is 9.59 Å². The van der Waals surface area contributed by atoms with Crippen molar-refractivity contribution in [1.82, 2.24) is 10.6 Å². The molecule has 2 aromatic carbocycles. The molecule has 0 atom stereocenters. The summed E-state index contributed by atoms with van der Waals surface area (Å²) in [5.74, 6) is -0.432. The first-order valence-electron chi connectivity index (χ1n) is 8.77. The summed E-state index contributed by atoms with van der Waals surface area (Å²) >= 11 is 0. The fourth-order valence-corrected chi connectivity index (χ4v) is 2.89. The first-order chi connectivity index (χ1) is 12.1. The molecule has 0 aliphatic rings. The molecule has 0 spiro atoms. The Kier molecular flexibility index (Phi) is 6.75. The first-order valence-corrected chi connectivity index (χ1v) is 8.77. The predicted molar refractivity (Wildman–Crippen MR) is 99.6 cm³/mol. The largest absolute Gasteiger partial charge is 0.351 e. The smallest absolute Gasteiger partial charge is 0.235 e. The number of hydrogen-bond donors (Lipinski definition) is 2. The van der Waals surface area contributed by atoms with Crippen molar-refractivity contribution in [2.45, 2.75) is 39.8 Å². The van der Waals surface area contributed by atoms with E-state index in [9.17, 15) is 9.59 Å². The molecule has 0 unspecified atom stereocenters. The zero-order valence-electron chi connectivity index (χ0n) is 14.9. The van der Waals surface area contributed by atoms with Crippen LogP contribution in [-0.4, -0.2) is 11.8 Å². The molecule has 0 bridgehead atoms. The van der Waals surface area contributed by atoms with E-state index in [4.69, 9.17) is 0 Å². The van der Waals surface area contributed by atoms with Crippen molar-refractivity contribution in [2.75, 3.05) is 0 Å². The molecule has 0 aromatic heterocycles. The van der Waals surface area contributed by atoms with Gasteiger partial charge in [0.2, 0.25) is 11.8 Å². The van der Waals surface area contributed by atoms with Crippen LogP contribution in [0.5, 0.6) is 0 Å². The third-order valence-corrected chi connectivity index (χ3v) is 4.67. The van der Waals surface area contributed by atoms with Gasteiger partial charge >= 0.3 is 0 Å². The van der Waals surface area contributed by atoms with E-state index in [2.05, 4.69) is 10.6 Å². The van der Waals surface area contributed by atoms with E-state index >= 15 is 0 Å². The summed E-state index contributed by atoms with van der Waals surface area (Å²) in [4.78, 5) is 25.6. The van der Waals surface area contributed by atoms with Gasteiger partial charge in [-0.15, -0.1) is 0 Å². The van der Waals surface area contributed by atoms with Crippen LogP contribution in [0.3, 0.4) is 0 Å². The molecule has 2 N–H and O–H groups in total. The van der Waals surface area contributed by atoms with Gasteiger partial charge in [-0.1, -0.05) is 74.5 Å². The van der Waals surface area contributed by atoms with Crippen molar-refractivity contribution in [3.05, 3.63) is 71.8 Å². The monoisotopic (exact) mass is 338 g/mol. The highest BCUT2D eigenvalue weighted by molar-refractivity contribution is 6.04. The molecule has 25 heavy (non-hydrogen) atoms. The van der Waals surface area contributed by atoms with Gasteiger partial charge in [0.25, 0.3) is 0 Å². The second kappa shape index (κ2) is 9.02. The zero-order chi connectivity index (χ0) is 18.1. The second-order valence-corrected chi connectivity index (χ2v) is 6.13. The minimum absolute atomic E-state index is 0.216. The molecule has 0 aliphatic heterocycles. The van der Waals surface area contributed by atoms with Gasteiger partial charge in [-0.25, -0.2) is 0 Å². The van der Waals surface area contributed by atoms with Crippen LogP contribution in [0, 0.1) is 5.41 Å². The molecule has 0 fully saturated rings. The molecule has 132 valence electrons. The van der Waals surface area contributed by atoms with E-state index in [1.165, 1.54) is 0 Å². The molecule has 4 nitrogen and oxygen atoms in total. The Bertz CT molecular complexity index is 622. The van der Waals surface area contributed by atoms with Crippen LogP contribution < -0.4 is 10.6 Å². The van der Waals surface area contributed by atoms with Gasteiger partial charge < -0.3 is 10.6 Å². The first kappa shape index (κ1) is 18.7. The van der Waals surface area contributed by atoms with E-state index in [-0.39, 0.29) is 11.8 Å². The summed E-state index contributed by atoms with van der Waals surface area (Å²) in [5.41, 5.74) is 0.993. The Labute approximate surface area is 149 Å². The van der Waals surface area contributed by atoms with Crippen LogP contribution in [0.15, 0.2) is 60.7 Å². The lowest BCUT2D eigenvalue weighted by Gasteiger charge is -2.29. The van der Waals surface area contributed by atoms with Gasteiger partial charge in [-0.2, -0.15) is 0 Å². The fourth-order valence-electron chi connectivity index (χ4n) is 2.89. The van der Waals surface area contributed by atoms with Gasteiger partial charge in [0.05, 0.1) is 0 Å². The Morgan fingerprint density at radius 2 is 1.08 bits per heavy atom. The Morgan fingerprint density at radius 3 is 1.40 bits per heavy atom. The highest BCUT2D eigenvalue weighted by Crippen LogP contribution is 2.27. The maximum Gasteiger partial charge on any atom is 0.235 e. The number of benzene rings is 2. The molecule has 0 radical (unpaired) electrons. The summed E-state index contributed by atoms with van der Waals surface area (Å²) in [6, 6.07) is 19.4. The predicted octanol–water partition coefficient (Wildman–Crippen LogP) is 3.43. The Morgan fingerprint density at radius 1 is 0.720 bits per heavy atom. The van der Waals surface area contributed by atoms with Gasteiger partial charge in [-0.05, 0) is 24.0 Å². The number of carbonyl (C=O) groups excluding carboxylic acids is 2. The van der Waals surface area contributed by atoms with Gasteiger partial charge in [0.1, 0.15) is 5.41 Å². The number of rotatable bonds is 8. The molecular weight excluding hydrogens is 312 g/mol. The van der Waals surface area contributed by atoms with Crippen molar-refractivity contribution >= 4 is 11.8 Å². The summed E-state index contributed by atoms with van der Waals surface area (Å²) in [6.45, 7) is 4.61. The number of carbonyl (C=O) groups is 2. The zero-order valence-corrected chi connectivity index (χ0v) is 14.9. The van der Waals surface area contributed by atoms with Crippen molar-refractivity contribution in [1.29, 1.82) is 0 Å².